The lowest BCUT2D eigenvalue weighted by Gasteiger charge is -2.44. The van der Waals surface area contributed by atoms with E-state index in [1.807, 2.05) is 13.0 Å². The lowest BCUT2D eigenvalue weighted by Crippen LogP contribution is -2.41. The molecule has 0 saturated heterocycles. The molecule has 1 atom stereocenters. The summed E-state index contributed by atoms with van der Waals surface area (Å²) < 4.78 is 21.2. The van der Waals surface area contributed by atoms with Crippen LogP contribution in [0.2, 0.25) is 0 Å². The standard InChI is InChI=1S/C21H17N3O4/c1-20(2)10-21(3,28-19-9-15(26-12-23)4-6-16(19)20)17-7-5-14(25-11-22)8-18(17)27-13-24/h4-9H,10H2,1-3H3. The van der Waals surface area contributed by atoms with Crippen molar-refractivity contribution in [3.05, 3.63) is 47.5 Å². The molecule has 1 heterocycles. The predicted octanol–water partition coefficient (Wildman–Crippen LogP) is 4.24. The molecule has 1 aliphatic heterocycles. The van der Waals surface area contributed by atoms with Crippen LogP contribution in [-0.4, -0.2) is 0 Å². The van der Waals surface area contributed by atoms with Gasteiger partial charge >= 0.3 is 0 Å². The molecular formula is C21H17N3O4. The Labute approximate surface area is 162 Å². The van der Waals surface area contributed by atoms with Gasteiger partial charge in [-0.15, -0.1) is 15.8 Å². The Hall–Kier alpha value is -3.89. The van der Waals surface area contributed by atoms with Crippen molar-refractivity contribution in [2.45, 2.75) is 38.2 Å². The summed E-state index contributed by atoms with van der Waals surface area (Å²) in [6.07, 6.45) is 5.52. The van der Waals surface area contributed by atoms with Gasteiger partial charge < -0.3 is 18.9 Å². The molecule has 0 aromatic heterocycles. The number of hydrogen-bond donors (Lipinski definition) is 0. The van der Waals surface area contributed by atoms with Crippen molar-refractivity contribution in [2.24, 2.45) is 0 Å². The van der Waals surface area contributed by atoms with Gasteiger partial charge in [-0.1, -0.05) is 19.9 Å². The summed E-state index contributed by atoms with van der Waals surface area (Å²) in [4.78, 5) is 0. The molecule has 0 amide bonds. The van der Waals surface area contributed by atoms with E-state index >= 15 is 0 Å². The van der Waals surface area contributed by atoms with Gasteiger partial charge in [0.1, 0.15) is 22.8 Å². The predicted molar refractivity (Wildman–Crippen MR) is 97.2 cm³/mol. The maximum Gasteiger partial charge on any atom is 0.292 e. The number of rotatable bonds is 4. The summed E-state index contributed by atoms with van der Waals surface area (Å²) in [5.74, 6) is 1.49. The van der Waals surface area contributed by atoms with Gasteiger partial charge in [0.05, 0.1) is 0 Å². The average molecular weight is 375 g/mol. The quantitative estimate of drug-likeness (QED) is 0.735. The first-order valence-corrected chi connectivity index (χ1v) is 8.49. The van der Waals surface area contributed by atoms with E-state index in [0.717, 1.165) is 5.56 Å². The van der Waals surface area contributed by atoms with E-state index in [0.29, 0.717) is 23.5 Å². The second-order valence-electron chi connectivity index (χ2n) is 7.29. The van der Waals surface area contributed by atoms with Gasteiger partial charge in [0.25, 0.3) is 18.8 Å². The minimum absolute atomic E-state index is 0.251. The summed E-state index contributed by atoms with van der Waals surface area (Å²) in [5.41, 5.74) is 0.533. The highest BCUT2D eigenvalue weighted by Gasteiger charge is 2.44. The van der Waals surface area contributed by atoms with Crippen molar-refractivity contribution >= 4 is 0 Å². The lowest BCUT2D eigenvalue weighted by atomic mass is 9.71. The monoisotopic (exact) mass is 375 g/mol. The number of nitriles is 3. The number of fused-ring (bicyclic) bond motifs is 1. The molecule has 0 fully saturated rings. The molecule has 3 rings (SSSR count). The van der Waals surface area contributed by atoms with Crippen molar-refractivity contribution in [2.75, 3.05) is 0 Å². The number of hydrogen-bond acceptors (Lipinski definition) is 7. The molecule has 2 aromatic carbocycles. The summed E-state index contributed by atoms with van der Waals surface area (Å²) in [6, 6.07) is 10.1. The van der Waals surface area contributed by atoms with Crippen molar-refractivity contribution in [1.82, 2.24) is 0 Å². The first-order valence-electron chi connectivity index (χ1n) is 8.49. The van der Waals surface area contributed by atoms with Crippen molar-refractivity contribution < 1.29 is 18.9 Å². The Bertz CT molecular complexity index is 1040. The Morgan fingerprint density at radius 2 is 1.39 bits per heavy atom. The molecule has 0 aliphatic carbocycles. The highest BCUT2D eigenvalue weighted by Crippen LogP contribution is 2.51. The number of ether oxygens (including phenoxy) is 4. The molecule has 0 bridgehead atoms. The van der Waals surface area contributed by atoms with E-state index in [9.17, 15) is 0 Å². The summed E-state index contributed by atoms with van der Waals surface area (Å²) in [6.45, 7) is 6.09. The summed E-state index contributed by atoms with van der Waals surface area (Å²) >= 11 is 0. The van der Waals surface area contributed by atoms with Crippen molar-refractivity contribution in [1.29, 1.82) is 15.8 Å². The third kappa shape index (κ3) is 3.37. The van der Waals surface area contributed by atoms with Crippen LogP contribution in [0.25, 0.3) is 0 Å². The molecule has 0 saturated carbocycles. The Kier molecular flexibility index (Phi) is 4.74. The fourth-order valence-electron chi connectivity index (χ4n) is 3.82. The van der Waals surface area contributed by atoms with Crippen LogP contribution < -0.4 is 18.9 Å². The minimum atomic E-state index is -0.834. The maximum atomic E-state index is 9.04. The van der Waals surface area contributed by atoms with E-state index < -0.39 is 5.60 Å². The van der Waals surface area contributed by atoms with Crippen LogP contribution in [0.5, 0.6) is 23.0 Å². The number of nitrogens with zero attached hydrogens (tertiary/aromatic N) is 3. The smallest absolute Gasteiger partial charge is 0.292 e. The van der Waals surface area contributed by atoms with E-state index in [4.69, 9.17) is 34.7 Å². The molecule has 7 heteroatoms. The van der Waals surface area contributed by atoms with Gasteiger partial charge in [0, 0.05) is 29.7 Å². The zero-order valence-corrected chi connectivity index (χ0v) is 15.6. The lowest BCUT2D eigenvalue weighted by molar-refractivity contribution is 0.0307. The summed E-state index contributed by atoms with van der Waals surface area (Å²) in [7, 11) is 0. The SMILES string of the molecule is CC1(C)CC(C)(c2ccc(OC#N)cc2OC#N)Oc2cc(OC#N)ccc21. The van der Waals surface area contributed by atoms with Crippen molar-refractivity contribution in [3.8, 4) is 41.8 Å². The maximum absolute atomic E-state index is 9.04. The minimum Gasteiger partial charge on any atom is -0.482 e. The van der Waals surface area contributed by atoms with Crippen LogP contribution in [-0.2, 0) is 11.0 Å². The Balaban J connectivity index is 2.10. The van der Waals surface area contributed by atoms with Crippen LogP contribution in [0, 0.1) is 34.6 Å². The first kappa shape index (κ1) is 18.9. The molecule has 0 N–H and O–H groups in total. The zero-order valence-electron chi connectivity index (χ0n) is 15.6. The molecule has 28 heavy (non-hydrogen) atoms. The fraction of sp³-hybridized carbons (Fsp3) is 0.286. The third-order valence-electron chi connectivity index (χ3n) is 4.80. The first-order chi connectivity index (χ1) is 13.3. The largest absolute Gasteiger partial charge is 0.482 e. The van der Waals surface area contributed by atoms with Crippen LogP contribution >= 0.6 is 0 Å². The molecular weight excluding hydrogens is 358 g/mol. The molecule has 1 unspecified atom stereocenters. The normalized spacial score (nSPS) is 19.0. The van der Waals surface area contributed by atoms with Gasteiger partial charge in [-0.25, -0.2) is 0 Å². The van der Waals surface area contributed by atoms with E-state index in [1.165, 1.54) is 6.07 Å². The highest BCUT2D eigenvalue weighted by atomic mass is 16.5. The molecule has 2 aromatic rings. The molecule has 7 nitrogen and oxygen atoms in total. The van der Waals surface area contributed by atoms with Crippen molar-refractivity contribution in [3.63, 3.8) is 0 Å². The van der Waals surface area contributed by atoms with Crippen LogP contribution in [0.4, 0.5) is 0 Å². The van der Waals surface area contributed by atoms with Gasteiger partial charge in [0.2, 0.25) is 0 Å². The Morgan fingerprint density at radius 1 is 0.821 bits per heavy atom. The van der Waals surface area contributed by atoms with Crippen LogP contribution in [0.3, 0.4) is 0 Å². The van der Waals surface area contributed by atoms with Crippen LogP contribution in [0.15, 0.2) is 36.4 Å². The van der Waals surface area contributed by atoms with Gasteiger partial charge in [-0.2, -0.15) is 0 Å². The average Bonchev–Trinajstić information content (AvgIpc) is 2.61. The van der Waals surface area contributed by atoms with Gasteiger partial charge in [0.15, 0.2) is 5.75 Å². The van der Waals surface area contributed by atoms with Crippen LogP contribution in [0.1, 0.15) is 38.3 Å². The molecule has 0 spiro atoms. The molecule has 140 valence electrons. The zero-order chi connectivity index (χ0) is 20.4. The second-order valence-corrected chi connectivity index (χ2v) is 7.29. The topological polar surface area (TPSA) is 108 Å². The highest BCUT2D eigenvalue weighted by molar-refractivity contribution is 5.51. The molecule has 0 radical (unpaired) electrons. The summed E-state index contributed by atoms with van der Waals surface area (Å²) in [5, 5.41) is 26.5. The van der Waals surface area contributed by atoms with Gasteiger partial charge in [-0.3, -0.25) is 0 Å². The van der Waals surface area contributed by atoms with E-state index in [2.05, 4.69) is 13.8 Å². The molecule has 1 aliphatic rings. The number of benzene rings is 2. The third-order valence-corrected chi connectivity index (χ3v) is 4.80. The van der Waals surface area contributed by atoms with Gasteiger partial charge in [-0.05, 0) is 30.5 Å². The van der Waals surface area contributed by atoms with E-state index in [1.54, 1.807) is 43.0 Å². The Morgan fingerprint density at radius 3 is 2.00 bits per heavy atom. The van der Waals surface area contributed by atoms with E-state index in [-0.39, 0.29) is 16.9 Å². The fourth-order valence-corrected chi connectivity index (χ4v) is 3.82. The second kappa shape index (κ2) is 7.02.